The Bertz CT molecular complexity index is 735. The molecular weight excluding hydrogens is 332 g/mol. The number of hydrogen-bond acceptors (Lipinski definition) is 8. The predicted octanol–water partition coefficient (Wildman–Crippen LogP) is 1.68. The summed E-state index contributed by atoms with van der Waals surface area (Å²) in [4.78, 5) is 23.9. The number of cyclic esters (lactones) is 1. The van der Waals surface area contributed by atoms with Gasteiger partial charge in [-0.05, 0) is 12.1 Å². The van der Waals surface area contributed by atoms with E-state index in [1.54, 1.807) is 12.1 Å². The van der Waals surface area contributed by atoms with Crippen molar-refractivity contribution in [3.8, 4) is 17.2 Å². The lowest BCUT2D eigenvalue weighted by Gasteiger charge is -2.16. The summed E-state index contributed by atoms with van der Waals surface area (Å²) in [5, 5.41) is 0. The van der Waals surface area contributed by atoms with Gasteiger partial charge in [0.2, 0.25) is 5.75 Å². The second kappa shape index (κ2) is 7.61. The molecule has 1 aromatic carbocycles. The normalized spacial score (nSPS) is 15.1. The summed E-state index contributed by atoms with van der Waals surface area (Å²) in [6.45, 7) is 0. The molecule has 0 amide bonds. The molecule has 8 heteroatoms. The molecule has 1 aliphatic heterocycles. The average molecular weight is 350 g/mol. The second-order valence-electron chi connectivity index (χ2n) is 4.74. The van der Waals surface area contributed by atoms with Crippen LogP contribution in [0.5, 0.6) is 17.2 Å². The minimum atomic E-state index is -0.720. The minimum Gasteiger partial charge on any atom is -0.493 e. The van der Waals surface area contributed by atoms with E-state index in [0.717, 1.165) is 6.08 Å². The smallest absolute Gasteiger partial charge is 0.342 e. The summed E-state index contributed by atoms with van der Waals surface area (Å²) in [5.41, 5.74) is 0.328. The van der Waals surface area contributed by atoms with Gasteiger partial charge in [0.25, 0.3) is 0 Å². The van der Waals surface area contributed by atoms with Crippen LogP contribution >= 0.6 is 0 Å². The number of carbonyl (C=O) groups excluding carboxylic acids is 2. The van der Waals surface area contributed by atoms with Crippen LogP contribution in [0.25, 0.3) is 5.57 Å². The topological polar surface area (TPSA) is 89.5 Å². The molecule has 0 saturated heterocycles. The molecule has 0 atom stereocenters. The van der Waals surface area contributed by atoms with Crippen molar-refractivity contribution in [1.29, 1.82) is 0 Å². The van der Waals surface area contributed by atoms with E-state index >= 15 is 0 Å². The Morgan fingerprint density at radius 1 is 0.920 bits per heavy atom. The maximum absolute atomic E-state index is 12.4. The molecule has 0 bridgehead atoms. The molecule has 0 fully saturated rings. The van der Waals surface area contributed by atoms with Crippen LogP contribution in [-0.2, 0) is 23.8 Å². The summed E-state index contributed by atoms with van der Waals surface area (Å²) >= 11 is 0. The highest BCUT2D eigenvalue weighted by molar-refractivity contribution is 6.19. The van der Waals surface area contributed by atoms with Crippen molar-refractivity contribution in [3.05, 3.63) is 35.3 Å². The van der Waals surface area contributed by atoms with Crippen molar-refractivity contribution in [3.63, 3.8) is 0 Å². The third-order valence-corrected chi connectivity index (χ3v) is 3.47. The van der Waals surface area contributed by atoms with Crippen LogP contribution in [0.3, 0.4) is 0 Å². The van der Waals surface area contributed by atoms with Gasteiger partial charge in [-0.2, -0.15) is 0 Å². The van der Waals surface area contributed by atoms with Crippen molar-refractivity contribution >= 4 is 17.5 Å². The average Bonchev–Trinajstić information content (AvgIpc) is 3.00. The van der Waals surface area contributed by atoms with Crippen LogP contribution in [0.1, 0.15) is 5.56 Å². The van der Waals surface area contributed by atoms with E-state index in [-0.39, 0.29) is 17.1 Å². The Morgan fingerprint density at radius 3 is 1.96 bits per heavy atom. The van der Waals surface area contributed by atoms with Gasteiger partial charge in [0.1, 0.15) is 5.57 Å². The van der Waals surface area contributed by atoms with Gasteiger partial charge in [0.05, 0.1) is 41.6 Å². The number of esters is 2. The molecule has 0 radical (unpaired) electrons. The van der Waals surface area contributed by atoms with Crippen LogP contribution in [0, 0.1) is 0 Å². The molecular formula is C17H18O8. The quantitative estimate of drug-likeness (QED) is 0.565. The third kappa shape index (κ3) is 3.37. The van der Waals surface area contributed by atoms with Gasteiger partial charge in [0.15, 0.2) is 23.0 Å². The molecule has 0 aromatic heterocycles. The van der Waals surface area contributed by atoms with Crippen molar-refractivity contribution in [2.75, 3.05) is 35.5 Å². The van der Waals surface area contributed by atoms with Gasteiger partial charge in [-0.1, -0.05) is 0 Å². The lowest BCUT2D eigenvalue weighted by molar-refractivity contribution is -0.134. The van der Waals surface area contributed by atoms with E-state index in [0.29, 0.717) is 22.8 Å². The van der Waals surface area contributed by atoms with Crippen molar-refractivity contribution in [2.45, 2.75) is 0 Å². The maximum atomic E-state index is 12.4. The zero-order chi connectivity index (χ0) is 18.6. The van der Waals surface area contributed by atoms with Gasteiger partial charge in [-0.25, -0.2) is 9.59 Å². The fourth-order valence-electron chi connectivity index (χ4n) is 2.35. The first-order valence-corrected chi connectivity index (χ1v) is 7.11. The van der Waals surface area contributed by atoms with Gasteiger partial charge in [0, 0.05) is 5.56 Å². The van der Waals surface area contributed by atoms with E-state index in [1.165, 1.54) is 35.5 Å². The zero-order valence-corrected chi connectivity index (χ0v) is 14.5. The van der Waals surface area contributed by atoms with Crippen molar-refractivity contribution in [2.24, 2.45) is 0 Å². The highest BCUT2D eigenvalue weighted by Crippen LogP contribution is 2.41. The zero-order valence-electron chi connectivity index (χ0n) is 14.5. The van der Waals surface area contributed by atoms with E-state index in [2.05, 4.69) is 0 Å². The summed E-state index contributed by atoms with van der Waals surface area (Å²) in [5.74, 6) is -0.304. The molecule has 1 heterocycles. The summed E-state index contributed by atoms with van der Waals surface area (Å²) in [7, 11) is 6.93. The first kappa shape index (κ1) is 18.2. The highest BCUT2D eigenvalue weighted by atomic mass is 16.6. The molecule has 0 unspecified atom stereocenters. The molecule has 0 aliphatic carbocycles. The summed E-state index contributed by atoms with van der Waals surface area (Å²) in [6, 6.07) is 3.08. The summed E-state index contributed by atoms with van der Waals surface area (Å²) < 4.78 is 30.9. The monoisotopic (exact) mass is 350 g/mol. The molecule has 25 heavy (non-hydrogen) atoms. The van der Waals surface area contributed by atoms with Crippen LogP contribution < -0.4 is 14.2 Å². The lowest BCUT2D eigenvalue weighted by Crippen LogP contribution is -2.10. The molecule has 2 rings (SSSR count). The molecule has 0 saturated carbocycles. The van der Waals surface area contributed by atoms with E-state index in [4.69, 9.17) is 28.4 Å². The Morgan fingerprint density at radius 2 is 1.52 bits per heavy atom. The predicted molar refractivity (Wildman–Crippen MR) is 86.2 cm³/mol. The molecule has 1 aliphatic rings. The lowest BCUT2D eigenvalue weighted by atomic mass is 10.0. The Kier molecular flexibility index (Phi) is 5.53. The Labute approximate surface area is 144 Å². The molecule has 0 N–H and O–H groups in total. The number of hydrogen-bond donors (Lipinski definition) is 0. The number of methoxy groups -OCH3 is 5. The van der Waals surface area contributed by atoms with Crippen LogP contribution in [0.4, 0.5) is 0 Å². The number of ether oxygens (including phenoxy) is 6. The van der Waals surface area contributed by atoms with Crippen LogP contribution in [0.2, 0.25) is 0 Å². The fraction of sp³-hybridized carbons (Fsp3) is 0.294. The first-order chi connectivity index (χ1) is 12.0. The highest BCUT2D eigenvalue weighted by Gasteiger charge is 2.31. The third-order valence-electron chi connectivity index (χ3n) is 3.47. The van der Waals surface area contributed by atoms with Gasteiger partial charge in [-0.15, -0.1) is 0 Å². The molecule has 1 aromatic rings. The van der Waals surface area contributed by atoms with E-state index < -0.39 is 11.9 Å². The number of carbonyl (C=O) groups is 2. The van der Waals surface area contributed by atoms with E-state index in [1.807, 2.05) is 0 Å². The summed E-state index contributed by atoms with van der Waals surface area (Å²) in [6.07, 6.45) is 1.14. The minimum absolute atomic E-state index is 0.0132. The first-order valence-electron chi connectivity index (χ1n) is 7.11. The number of rotatable bonds is 6. The van der Waals surface area contributed by atoms with Crippen LogP contribution in [-0.4, -0.2) is 47.5 Å². The Hall–Kier alpha value is -3.16. The molecule has 8 nitrogen and oxygen atoms in total. The molecule has 0 spiro atoms. The van der Waals surface area contributed by atoms with Gasteiger partial charge < -0.3 is 28.4 Å². The molecule has 134 valence electrons. The van der Waals surface area contributed by atoms with Gasteiger partial charge >= 0.3 is 11.9 Å². The number of benzene rings is 1. The van der Waals surface area contributed by atoms with Crippen molar-refractivity contribution in [1.82, 2.24) is 0 Å². The van der Waals surface area contributed by atoms with E-state index in [9.17, 15) is 9.59 Å². The Balaban J connectivity index is 2.75. The van der Waals surface area contributed by atoms with Crippen molar-refractivity contribution < 1.29 is 38.0 Å². The fourth-order valence-corrected chi connectivity index (χ4v) is 2.35. The maximum Gasteiger partial charge on any atom is 0.342 e. The second-order valence-corrected chi connectivity index (χ2v) is 4.74. The standard InChI is InChI=1S/C17H18O8/c1-20-10-6-9(7-11(21-2)15(10)23-4)14(17(19)24-5)16-12(22-3)8-13(18)25-16/h6-8H,1-5H3/b16-14+. The SMILES string of the molecule is COC(=O)/C(=C1/OC(=O)C=C1OC)c1cc(OC)c(OC)c(OC)c1. The largest absolute Gasteiger partial charge is 0.493 e. The van der Waals surface area contributed by atoms with Gasteiger partial charge in [-0.3, -0.25) is 0 Å². The van der Waals surface area contributed by atoms with Crippen LogP contribution in [0.15, 0.2) is 29.7 Å².